The highest BCUT2D eigenvalue weighted by Gasteiger charge is 2.06. The second-order valence-electron chi connectivity index (χ2n) is 3.30. The molecule has 4 heteroatoms. The van der Waals surface area contributed by atoms with Crippen LogP contribution in [0, 0.1) is 5.92 Å². The van der Waals surface area contributed by atoms with E-state index < -0.39 is 6.16 Å². The first-order chi connectivity index (χ1) is 6.02. The molecule has 0 aromatic heterocycles. The summed E-state index contributed by atoms with van der Waals surface area (Å²) in [6, 6.07) is 0. The van der Waals surface area contributed by atoms with Gasteiger partial charge in [-0.2, -0.15) is 0 Å². The average Bonchev–Trinajstić information content (AvgIpc) is 1.96. The van der Waals surface area contributed by atoms with Crippen LogP contribution in [0.3, 0.4) is 0 Å². The van der Waals surface area contributed by atoms with Gasteiger partial charge in [-0.05, 0) is 41.6 Å². The predicted molar refractivity (Wildman–Crippen MR) is 54.9 cm³/mol. The Hall–Kier alpha value is -0.250. The lowest BCUT2D eigenvalue weighted by Gasteiger charge is -2.08. The lowest BCUT2D eigenvalue weighted by atomic mass is 10.1. The maximum absolute atomic E-state index is 10.8. The van der Waals surface area contributed by atoms with Gasteiger partial charge in [0, 0.05) is 0 Å². The van der Waals surface area contributed by atoms with E-state index in [1.165, 1.54) is 0 Å². The molecule has 1 atom stereocenters. The van der Waals surface area contributed by atoms with Gasteiger partial charge < -0.3 is 9.47 Å². The Balaban J connectivity index is 3.27. The van der Waals surface area contributed by atoms with Crippen LogP contribution >= 0.6 is 15.9 Å². The summed E-state index contributed by atoms with van der Waals surface area (Å²) in [5.41, 5.74) is 0. The van der Waals surface area contributed by atoms with Gasteiger partial charge in [0.25, 0.3) is 0 Å². The van der Waals surface area contributed by atoms with Crippen molar-refractivity contribution in [3.05, 3.63) is 0 Å². The minimum absolute atomic E-state index is 0.287. The summed E-state index contributed by atoms with van der Waals surface area (Å²) in [5, 5.41) is -0.287. The van der Waals surface area contributed by atoms with Gasteiger partial charge in [-0.1, -0.05) is 13.8 Å². The zero-order valence-corrected chi connectivity index (χ0v) is 9.96. The SMILES string of the molecule is CC(C)CCCOC(=O)OC(C)Br. The van der Waals surface area contributed by atoms with E-state index in [4.69, 9.17) is 9.47 Å². The number of carbonyl (C=O) groups excluding carboxylic acids is 1. The molecule has 1 unspecified atom stereocenters. The number of hydrogen-bond acceptors (Lipinski definition) is 3. The molecule has 0 aromatic carbocycles. The van der Waals surface area contributed by atoms with E-state index in [0.29, 0.717) is 12.5 Å². The van der Waals surface area contributed by atoms with Gasteiger partial charge >= 0.3 is 6.16 Å². The highest BCUT2D eigenvalue weighted by molar-refractivity contribution is 9.09. The average molecular weight is 253 g/mol. The number of carbonyl (C=O) groups is 1. The molecule has 0 fully saturated rings. The standard InChI is InChI=1S/C9H17BrO3/c1-7(2)5-4-6-12-9(11)13-8(3)10/h7-8H,4-6H2,1-3H3. The van der Waals surface area contributed by atoms with Crippen molar-refractivity contribution in [3.8, 4) is 0 Å². The molecule has 0 saturated carbocycles. The molecule has 0 heterocycles. The minimum atomic E-state index is -0.604. The molecule has 3 nitrogen and oxygen atoms in total. The maximum atomic E-state index is 10.8. The predicted octanol–water partition coefficient (Wildman–Crippen LogP) is 3.32. The third-order valence-electron chi connectivity index (χ3n) is 1.40. The Morgan fingerprint density at radius 2 is 2.00 bits per heavy atom. The van der Waals surface area contributed by atoms with E-state index in [0.717, 1.165) is 12.8 Å². The molecule has 13 heavy (non-hydrogen) atoms. The van der Waals surface area contributed by atoms with Crippen LogP contribution < -0.4 is 0 Å². The molecule has 0 radical (unpaired) electrons. The summed E-state index contributed by atoms with van der Waals surface area (Å²) in [6.07, 6.45) is 1.36. The molecule has 0 bridgehead atoms. The summed E-state index contributed by atoms with van der Waals surface area (Å²) in [6.45, 7) is 6.43. The Morgan fingerprint density at radius 3 is 2.46 bits per heavy atom. The fourth-order valence-electron chi connectivity index (χ4n) is 0.814. The summed E-state index contributed by atoms with van der Waals surface area (Å²) >= 11 is 3.08. The van der Waals surface area contributed by atoms with E-state index in [9.17, 15) is 4.79 Å². The van der Waals surface area contributed by atoms with Crippen molar-refractivity contribution in [2.75, 3.05) is 6.61 Å². The highest BCUT2D eigenvalue weighted by atomic mass is 79.9. The number of hydrogen-bond donors (Lipinski definition) is 0. The normalized spacial score (nSPS) is 12.7. The Kier molecular flexibility index (Phi) is 7.04. The molecule has 78 valence electrons. The van der Waals surface area contributed by atoms with E-state index >= 15 is 0 Å². The molecule has 0 N–H and O–H groups in total. The zero-order chi connectivity index (χ0) is 10.3. The van der Waals surface area contributed by atoms with Gasteiger partial charge in [-0.25, -0.2) is 4.79 Å². The summed E-state index contributed by atoms with van der Waals surface area (Å²) < 4.78 is 9.52. The quantitative estimate of drug-likeness (QED) is 0.428. The largest absolute Gasteiger partial charge is 0.509 e. The van der Waals surface area contributed by atoms with Crippen molar-refractivity contribution >= 4 is 22.1 Å². The number of alkyl halides is 1. The van der Waals surface area contributed by atoms with Crippen molar-refractivity contribution in [1.82, 2.24) is 0 Å². The monoisotopic (exact) mass is 252 g/mol. The molecule has 0 aliphatic heterocycles. The third-order valence-corrected chi connectivity index (χ3v) is 1.59. The molecular formula is C9H17BrO3. The van der Waals surface area contributed by atoms with Crippen molar-refractivity contribution in [1.29, 1.82) is 0 Å². The van der Waals surface area contributed by atoms with Crippen molar-refractivity contribution in [2.45, 2.75) is 38.6 Å². The fourth-order valence-corrected chi connectivity index (χ4v) is 0.966. The lowest BCUT2D eigenvalue weighted by Crippen LogP contribution is -2.12. The number of ether oxygens (including phenoxy) is 2. The second kappa shape index (κ2) is 7.18. The first-order valence-corrected chi connectivity index (χ1v) is 5.41. The minimum Gasteiger partial charge on any atom is -0.434 e. The van der Waals surface area contributed by atoms with Gasteiger partial charge in [0.15, 0.2) is 5.01 Å². The van der Waals surface area contributed by atoms with Crippen LogP contribution in [-0.4, -0.2) is 17.8 Å². The Labute approximate surface area is 87.9 Å². The van der Waals surface area contributed by atoms with Crippen LogP contribution in [0.15, 0.2) is 0 Å². The summed E-state index contributed by atoms with van der Waals surface area (Å²) in [5.74, 6) is 0.648. The highest BCUT2D eigenvalue weighted by Crippen LogP contribution is 2.05. The number of halogens is 1. The Morgan fingerprint density at radius 1 is 1.38 bits per heavy atom. The van der Waals surface area contributed by atoms with E-state index in [1.54, 1.807) is 6.92 Å². The van der Waals surface area contributed by atoms with Crippen molar-refractivity contribution < 1.29 is 14.3 Å². The van der Waals surface area contributed by atoms with Gasteiger partial charge in [-0.3, -0.25) is 0 Å². The van der Waals surface area contributed by atoms with Crippen LogP contribution in [0.25, 0.3) is 0 Å². The third kappa shape index (κ3) is 9.67. The molecule has 0 aliphatic rings. The maximum Gasteiger partial charge on any atom is 0.509 e. The molecule has 0 spiro atoms. The van der Waals surface area contributed by atoms with Crippen molar-refractivity contribution in [2.24, 2.45) is 5.92 Å². The van der Waals surface area contributed by atoms with Gasteiger partial charge in [0.1, 0.15) is 0 Å². The molecular weight excluding hydrogens is 236 g/mol. The zero-order valence-electron chi connectivity index (χ0n) is 8.38. The van der Waals surface area contributed by atoms with E-state index in [2.05, 4.69) is 29.8 Å². The van der Waals surface area contributed by atoms with E-state index in [1.807, 2.05) is 0 Å². The molecule has 0 rings (SSSR count). The van der Waals surface area contributed by atoms with Gasteiger partial charge in [0.2, 0.25) is 0 Å². The first kappa shape index (κ1) is 12.8. The lowest BCUT2D eigenvalue weighted by molar-refractivity contribution is 0.0512. The van der Waals surface area contributed by atoms with Crippen LogP contribution in [0.2, 0.25) is 0 Å². The molecule has 0 amide bonds. The summed E-state index contributed by atoms with van der Waals surface area (Å²) in [7, 11) is 0. The molecule has 0 aliphatic carbocycles. The summed E-state index contributed by atoms with van der Waals surface area (Å²) in [4.78, 5) is 10.8. The second-order valence-corrected chi connectivity index (χ2v) is 4.58. The fraction of sp³-hybridized carbons (Fsp3) is 0.889. The number of rotatable bonds is 5. The van der Waals surface area contributed by atoms with Crippen LogP contribution in [0.5, 0.6) is 0 Å². The van der Waals surface area contributed by atoms with E-state index in [-0.39, 0.29) is 5.01 Å². The van der Waals surface area contributed by atoms with Crippen LogP contribution in [-0.2, 0) is 9.47 Å². The van der Waals surface area contributed by atoms with Crippen LogP contribution in [0.4, 0.5) is 4.79 Å². The van der Waals surface area contributed by atoms with Crippen LogP contribution in [0.1, 0.15) is 33.6 Å². The van der Waals surface area contributed by atoms with Gasteiger partial charge in [-0.15, -0.1) is 0 Å². The topological polar surface area (TPSA) is 35.5 Å². The molecule has 0 saturated heterocycles. The Bertz CT molecular complexity index is 146. The van der Waals surface area contributed by atoms with Gasteiger partial charge in [0.05, 0.1) is 6.61 Å². The van der Waals surface area contributed by atoms with Crippen molar-refractivity contribution in [3.63, 3.8) is 0 Å². The molecule has 0 aromatic rings. The first-order valence-electron chi connectivity index (χ1n) is 4.50. The smallest absolute Gasteiger partial charge is 0.434 e.